The van der Waals surface area contributed by atoms with Gasteiger partial charge >= 0.3 is 11.7 Å². The molecule has 1 heterocycles. The number of methoxy groups -OCH3 is 1. The fourth-order valence-electron chi connectivity index (χ4n) is 1.31. The van der Waals surface area contributed by atoms with Crippen molar-refractivity contribution in [3.63, 3.8) is 0 Å². The van der Waals surface area contributed by atoms with Crippen molar-refractivity contribution in [2.75, 3.05) is 7.11 Å². The van der Waals surface area contributed by atoms with Crippen LogP contribution in [0.25, 0.3) is 0 Å². The third-order valence-electron chi connectivity index (χ3n) is 2.02. The second kappa shape index (κ2) is 5.34. The molecule has 0 fully saturated rings. The van der Waals surface area contributed by atoms with Crippen LogP contribution in [0.5, 0.6) is 5.88 Å². The van der Waals surface area contributed by atoms with Crippen molar-refractivity contribution in [1.29, 1.82) is 0 Å². The van der Waals surface area contributed by atoms with Crippen molar-refractivity contribution in [1.82, 2.24) is 4.98 Å². The number of aliphatic carboxylic acids is 1. The maximum Gasteiger partial charge on any atom is 0.331 e. The maximum atomic E-state index is 12.6. The van der Waals surface area contributed by atoms with Crippen LogP contribution in [0.2, 0.25) is 0 Å². The van der Waals surface area contributed by atoms with Crippen molar-refractivity contribution < 1.29 is 28.3 Å². The molecule has 0 saturated heterocycles. The molecular formula is C9H8F2N2O5. The standard InChI is InChI=1S/C9H8F2N2O5/c1-18-9-5(13(16)17)2-4(3-6(14)15)7(12-9)8(10)11/h2,8H,3H2,1H3,(H,14,15). The fourth-order valence-corrected chi connectivity index (χ4v) is 1.31. The highest BCUT2D eigenvalue weighted by atomic mass is 19.3. The molecule has 0 aliphatic carbocycles. The summed E-state index contributed by atoms with van der Waals surface area (Å²) in [5.41, 5.74) is -1.90. The van der Waals surface area contributed by atoms with Crippen LogP contribution in [0.1, 0.15) is 17.7 Å². The molecule has 98 valence electrons. The molecule has 7 nitrogen and oxygen atoms in total. The number of hydrogen-bond acceptors (Lipinski definition) is 5. The van der Waals surface area contributed by atoms with Crippen LogP contribution < -0.4 is 4.74 Å². The Morgan fingerprint density at radius 2 is 2.28 bits per heavy atom. The minimum atomic E-state index is -3.05. The molecule has 1 N–H and O–H groups in total. The lowest BCUT2D eigenvalue weighted by Gasteiger charge is -2.08. The van der Waals surface area contributed by atoms with Crippen molar-refractivity contribution in [3.05, 3.63) is 27.4 Å². The molecule has 0 aliphatic heterocycles. The van der Waals surface area contributed by atoms with Gasteiger partial charge in [-0.1, -0.05) is 0 Å². The third kappa shape index (κ3) is 2.87. The highest BCUT2D eigenvalue weighted by Crippen LogP contribution is 2.31. The van der Waals surface area contributed by atoms with E-state index in [1.807, 2.05) is 0 Å². The number of pyridine rings is 1. The molecule has 0 aliphatic rings. The van der Waals surface area contributed by atoms with E-state index in [0.29, 0.717) is 0 Å². The van der Waals surface area contributed by atoms with Gasteiger partial charge in [0.1, 0.15) is 5.69 Å². The summed E-state index contributed by atoms with van der Waals surface area (Å²) in [4.78, 5) is 23.6. The zero-order valence-electron chi connectivity index (χ0n) is 9.09. The van der Waals surface area contributed by atoms with Gasteiger partial charge in [0.25, 0.3) is 12.3 Å². The Morgan fingerprint density at radius 1 is 1.67 bits per heavy atom. The fraction of sp³-hybridized carbons (Fsp3) is 0.333. The highest BCUT2D eigenvalue weighted by Gasteiger charge is 2.25. The first-order chi connectivity index (χ1) is 8.36. The van der Waals surface area contributed by atoms with Gasteiger partial charge in [-0.25, -0.2) is 13.8 Å². The molecule has 18 heavy (non-hydrogen) atoms. The van der Waals surface area contributed by atoms with Gasteiger partial charge in [0.2, 0.25) is 0 Å². The Morgan fingerprint density at radius 3 is 2.67 bits per heavy atom. The minimum absolute atomic E-state index is 0.412. The quantitative estimate of drug-likeness (QED) is 0.638. The van der Waals surface area contributed by atoms with Gasteiger partial charge in [0.05, 0.1) is 18.5 Å². The lowest BCUT2D eigenvalue weighted by molar-refractivity contribution is -0.386. The summed E-state index contributed by atoms with van der Waals surface area (Å²) in [5, 5.41) is 19.2. The number of ether oxygens (including phenoxy) is 1. The molecule has 0 unspecified atom stereocenters. The maximum absolute atomic E-state index is 12.6. The van der Waals surface area contributed by atoms with E-state index in [1.165, 1.54) is 0 Å². The molecule has 1 aromatic rings. The molecule has 1 rings (SSSR count). The molecule has 0 radical (unpaired) electrons. The first-order valence-electron chi connectivity index (χ1n) is 4.59. The van der Waals surface area contributed by atoms with Gasteiger partial charge in [0, 0.05) is 6.07 Å². The summed E-state index contributed by atoms with van der Waals surface area (Å²) < 4.78 is 29.8. The summed E-state index contributed by atoms with van der Waals surface area (Å²) in [6.07, 6.45) is -3.83. The summed E-state index contributed by atoms with van der Waals surface area (Å²) in [5.74, 6) is -1.97. The molecule has 1 aromatic heterocycles. The Hall–Kier alpha value is -2.32. The lowest BCUT2D eigenvalue weighted by atomic mass is 10.1. The monoisotopic (exact) mass is 262 g/mol. The number of carbonyl (C=O) groups is 1. The largest absolute Gasteiger partial charge is 0.481 e. The van der Waals surface area contributed by atoms with Crippen molar-refractivity contribution in [3.8, 4) is 5.88 Å². The Kier molecular flexibility index (Phi) is 4.08. The van der Waals surface area contributed by atoms with E-state index in [-0.39, 0.29) is 0 Å². The number of carboxylic acid groups (broad SMARTS) is 1. The van der Waals surface area contributed by atoms with Crippen molar-refractivity contribution >= 4 is 11.7 Å². The minimum Gasteiger partial charge on any atom is -0.481 e. The molecule has 9 heteroatoms. The van der Waals surface area contributed by atoms with Gasteiger partial charge in [-0.2, -0.15) is 0 Å². The van der Waals surface area contributed by atoms with Crippen LogP contribution in [0.15, 0.2) is 6.07 Å². The van der Waals surface area contributed by atoms with Gasteiger partial charge in [-0.05, 0) is 5.56 Å². The number of carboxylic acids is 1. The second-order valence-electron chi connectivity index (χ2n) is 3.19. The molecule has 0 amide bonds. The number of aromatic nitrogens is 1. The smallest absolute Gasteiger partial charge is 0.331 e. The number of halogens is 2. The molecule has 0 saturated carbocycles. The SMILES string of the molecule is COc1nc(C(F)F)c(CC(=O)O)cc1[N+](=O)[O-]. The predicted molar refractivity (Wildman–Crippen MR) is 53.7 cm³/mol. The third-order valence-corrected chi connectivity index (χ3v) is 2.02. The first-order valence-corrected chi connectivity index (χ1v) is 4.59. The second-order valence-corrected chi connectivity index (χ2v) is 3.19. The van der Waals surface area contributed by atoms with E-state index >= 15 is 0 Å². The molecule has 0 spiro atoms. The number of alkyl halides is 2. The highest BCUT2D eigenvalue weighted by molar-refractivity contribution is 5.71. The number of nitro groups is 1. The predicted octanol–water partition coefficient (Wildman–Crippen LogP) is 1.56. The topological polar surface area (TPSA) is 103 Å². The van der Waals surface area contributed by atoms with E-state index in [4.69, 9.17) is 5.11 Å². The Balaban J connectivity index is 3.41. The van der Waals surface area contributed by atoms with Crippen LogP contribution >= 0.6 is 0 Å². The molecule has 0 aromatic carbocycles. The summed E-state index contributed by atoms with van der Waals surface area (Å²) >= 11 is 0. The Labute approximate surface area is 99.2 Å². The normalized spacial score (nSPS) is 10.4. The van der Waals surface area contributed by atoms with Gasteiger partial charge in [0.15, 0.2) is 0 Å². The molecule has 0 atom stereocenters. The van der Waals surface area contributed by atoms with Crippen LogP contribution in [0, 0.1) is 10.1 Å². The van der Waals surface area contributed by atoms with Crippen molar-refractivity contribution in [2.24, 2.45) is 0 Å². The van der Waals surface area contributed by atoms with Crippen LogP contribution in [-0.4, -0.2) is 28.1 Å². The number of nitrogens with zero attached hydrogens (tertiary/aromatic N) is 2. The van der Waals surface area contributed by atoms with Crippen molar-refractivity contribution in [2.45, 2.75) is 12.8 Å². The first kappa shape index (κ1) is 13.7. The Bertz CT molecular complexity index is 492. The van der Waals surface area contributed by atoms with Gasteiger partial charge in [-0.3, -0.25) is 14.9 Å². The van der Waals surface area contributed by atoms with Crippen LogP contribution in [-0.2, 0) is 11.2 Å². The van der Waals surface area contributed by atoms with E-state index in [0.717, 1.165) is 13.2 Å². The van der Waals surface area contributed by atoms with E-state index < -0.39 is 46.6 Å². The molecular weight excluding hydrogens is 254 g/mol. The van der Waals surface area contributed by atoms with E-state index in [1.54, 1.807) is 0 Å². The number of rotatable bonds is 5. The zero-order chi connectivity index (χ0) is 13.9. The zero-order valence-corrected chi connectivity index (χ0v) is 9.09. The summed E-state index contributed by atoms with van der Waals surface area (Å²) in [6, 6.07) is 0.738. The van der Waals surface area contributed by atoms with E-state index in [2.05, 4.69) is 9.72 Å². The summed E-state index contributed by atoms with van der Waals surface area (Å²) in [7, 11) is 1.04. The van der Waals surface area contributed by atoms with E-state index in [9.17, 15) is 23.7 Å². The molecule has 0 bridgehead atoms. The van der Waals surface area contributed by atoms with Crippen LogP contribution in [0.3, 0.4) is 0 Å². The lowest BCUT2D eigenvalue weighted by Crippen LogP contribution is -2.08. The van der Waals surface area contributed by atoms with Gasteiger partial charge in [-0.15, -0.1) is 0 Å². The average molecular weight is 262 g/mol. The number of hydrogen-bond donors (Lipinski definition) is 1. The average Bonchev–Trinajstić information content (AvgIpc) is 2.27. The van der Waals surface area contributed by atoms with Gasteiger partial charge < -0.3 is 9.84 Å². The van der Waals surface area contributed by atoms with Crippen LogP contribution in [0.4, 0.5) is 14.5 Å². The summed E-state index contributed by atoms with van der Waals surface area (Å²) in [6.45, 7) is 0.